The summed E-state index contributed by atoms with van der Waals surface area (Å²) in [6.45, 7) is 5.22. The molecule has 2 heteroatoms. The van der Waals surface area contributed by atoms with Gasteiger partial charge in [0.05, 0.1) is 6.61 Å². The van der Waals surface area contributed by atoms with Gasteiger partial charge < -0.3 is 4.74 Å². The highest BCUT2D eigenvalue weighted by Crippen LogP contribution is 2.18. The minimum atomic E-state index is 0.0269. The zero-order valence-electron chi connectivity index (χ0n) is 41.9. The second-order valence-electron chi connectivity index (χ2n) is 19.6. The van der Waals surface area contributed by atoms with E-state index in [0.717, 1.165) is 12.8 Å². The van der Waals surface area contributed by atoms with Crippen molar-refractivity contribution in [1.29, 1.82) is 0 Å². The fourth-order valence-electron chi connectivity index (χ4n) is 9.14. The summed E-state index contributed by atoms with van der Waals surface area (Å²) < 4.78 is 5.49. The van der Waals surface area contributed by atoms with Crippen LogP contribution in [0.15, 0.2) is 12.2 Å². The summed E-state index contributed by atoms with van der Waals surface area (Å²) in [6, 6.07) is 0. The lowest BCUT2D eigenvalue weighted by molar-refractivity contribution is -0.143. The molecule has 0 saturated carbocycles. The Kier molecular flexibility index (Phi) is 55.5. The first-order chi connectivity index (χ1) is 29.8. The Morgan fingerprint density at radius 1 is 0.267 bits per heavy atom. The van der Waals surface area contributed by atoms with Crippen molar-refractivity contribution in [2.45, 2.75) is 348 Å². The minimum absolute atomic E-state index is 0.0269. The molecule has 0 N–H and O–H groups in total. The van der Waals surface area contributed by atoms with Crippen LogP contribution in [0.3, 0.4) is 0 Å². The van der Waals surface area contributed by atoms with E-state index in [-0.39, 0.29) is 5.97 Å². The molecule has 0 aliphatic rings. The number of ether oxygens (including phenoxy) is 1. The highest BCUT2D eigenvalue weighted by molar-refractivity contribution is 5.69. The van der Waals surface area contributed by atoms with Crippen molar-refractivity contribution in [3.05, 3.63) is 12.2 Å². The third-order valence-electron chi connectivity index (χ3n) is 13.4. The van der Waals surface area contributed by atoms with Crippen LogP contribution in [-0.2, 0) is 9.53 Å². The van der Waals surface area contributed by atoms with E-state index in [0.29, 0.717) is 13.0 Å². The molecule has 0 aromatic rings. The maximum Gasteiger partial charge on any atom is 0.305 e. The van der Waals surface area contributed by atoms with E-state index in [1.165, 1.54) is 315 Å². The van der Waals surface area contributed by atoms with Gasteiger partial charge in [0.2, 0.25) is 0 Å². The predicted octanol–water partition coefficient (Wildman–Crippen LogP) is 21.4. The van der Waals surface area contributed by atoms with E-state index in [1.807, 2.05) is 0 Å². The number of hydrogen-bond acceptors (Lipinski definition) is 2. The summed E-state index contributed by atoms with van der Waals surface area (Å²) in [4.78, 5) is 12.1. The van der Waals surface area contributed by atoms with Crippen molar-refractivity contribution < 1.29 is 9.53 Å². The van der Waals surface area contributed by atoms with Crippen LogP contribution in [0.2, 0.25) is 0 Å². The molecular formula is C58H114O2. The van der Waals surface area contributed by atoms with Crippen LogP contribution in [0.4, 0.5) is 0 Å². The van der Waals surface area contributed by atoms with Gasteiger partial charge in [0.1, 0.15) is 0 Å². The van der Waals surface area contributed by atoms with E-state index in [9.17, 15) is 4.79 Å². The molecule has 0 amide bonds. The molecule has 0 radical (unpaired) electrons. The zero-order valence-corrected chi connectivity index (χ0v) is 41.9. The number of carbonyl (C=O) groups excluding carboxylic acids is 1. The van der Waals surface area contributed by atoms with Crippen LogP contribution >= 0.6 is 0 Å². The molecule has 0 aromatic carbocycles. The predicted molar refractivity (Wildman–Crippen MR) is 272 cm³/mol. The van der Waals surface area contributed by atoms with Gasteiger partial charge in [0, 0.05) is 6.42 Å². The van der Waals surface area contributed by atoms with Gasteiger partial charge in [0.25, 0.3) is 0 Å². The maximum atomic E-state index is 12.1. The molecule has 0 spiro atoms. The average Bonchev–Trinajstić information content (AvgIpc) is 3.25. The van der Waals surface area contributed by atoms with Crippen molar-refractivity contribution in [2.75, 3.05) is 6.61 Å². The summed E-state index contributed by atoms with van der Waals surface area (Å²) in [5.74, 6) is 0.0269. The minimum Gasteiger partial charge on any atom is -0.466 e. The van der Waals surface area contributed by atoms with Gasteiger partial charge in [-0.05, 0) is 38.5 Å². The first kappa shape index (κ1) is 59.2. The van der Waals surface area contributed by atoms with Crippen LogP contribution in [-0.4, -0.2) is 12.6 Å². The van der Waals surface area contributed by atoms with Gasteiger partial charge in [-0.1, -0.05) is 315 Å². The molecule has 60 heavy (non-hydrogen) atoms. The standard InChI is InChI=1S/C58H114O2/c1-3-5-7-9-11-13-15-17-19-21-22-23-24-25-26-27-28-29-30-31-32-33-34-35-36-37-38-39-40-41-42-44-46-48-50-52-54-56-58(59)60-57-55-53-51-49-47-45-43-20-18-16-14-12-10-8-6-4-2/h18,20H,3-17,19,21-57H2,1-2H3/b20-18+. The number of allylic oxidation sites excluding steroid dienone is 2. The van der Waals surface area contributed by atoms with Crippen molar-refractivity contribution in [2.24, 2.45) is 0 Å². The van der Waals surface area contributed by atoms with Gasteiger partial charge in [-0.2, -0.15) is 0 Å². The molecular weight excluding hydrogens is 729 g/mol. The van der Waals surface area contributed by atoms with Gasteiger partial charge in [0.15, 0.2) is 0 Å². The third-order valence-corrected chi connectivity index (χ3v) is 13.4. The molecule has 0 bridgehead atoms. The number of carbonyl (C=O) groups is 1. The van der Waals surface area contributed by atoms with Gasteiger partial charge in [-0.25, -0.2) is 0 Å². The molecule has 358 valence electrons. The first-order valence-electron chi connectivity index (χ1n) is 28.6. The van der Waals surface area contributed by atoms with Gasteiger partial charge in [-0.3, -0.25) is 4.79 Å². The number of esters is 1. The molecule has 0 aliphatic heterocycles. The van der Waals surface area contributed by atoms with Crippen molar-refractivity contribution in [3.8, 4) is 0 Å². The first-order valence-corrected chi connectivity index (χ1v) is 28.6. The second kappa shape index (κ2) is 56.2. The van der Waals surface area contributed by atoms with Gasteiger partial charge in [-0.15, -0.1) is 0 Å². The highest BCUT2D eigenvalue weighted by atomic mass is 16.5. The fourth-order valence-corrected chi connectivity index (χ4v) is 9.14. The van der Waals surface area contributed by atoms with Gasteiger partial charge >= 0.3 is 5.97 Å². The summed E-state index contributed by atoms with van der Waals surface area (Å²) in [7, 11) is 0. The van der Waals surface area contributed by atoms with Crippen molar-refractivity contribution >= 4 is 5.97 Å². The van der Waals surface area contributed by atoms with Crippen LogP contribution in [0, 0.1) is 0 Å². The van der Waals surface area contributed by atoms with E-state index in [1.54, 1.807) is 0 Å². The van der Waals surface area contributed by atoms with Crippen LogP contribution in [0.1, 0.15) is 348 Å². The number of rotatable bonds is 54. The van der Waals surface area contributed by atoms with Crippen molar-refractivity contribution in [1.82, 2.24) is 0 Å². The number of hydrogen-bond donors (Lipinski definition) is 0. The Labute approximate surface area is 380 Å². The van der Waals surface area contributed by atoms with E-state index >= 15 is 0 Å². The Morgan fingerprint density at radius 2 is 0.467 bits per heavy atom. The average molecular weight is 844 g/mol. The van der Waals surface area contributed by atoms with E-state index < -0.39 is 0 Å². The fraction of sp³-hybridized carbons (Fsp3) is 0.948. The monoisotopic (exact) mass is 843 g/mol. The molecule has 0 rings (SSSR count). The largest absolute Gasteiger partial charge is 0.466 e. The topological polar surface area (TPSA) is 26.3 Å². The Bertz CT molecular complexity index is 788. The molecule has 0 atom stereocenters. The lowest BCUT2D eigenvalue weighted by Gasteiger charge is -2.06. The third kappa shape index (κ3) is 55.2. The summed E-state index contributed by atoms with van der Waals surface area (Å²) >= 11 is 0. The number of unbranched alkanes of at least 4 members (excludes halogenated alkanes) is 48. The lowest BCUT2D eigenvalue weighted by atomic mass is 10.0. The summed E-state index contributed by atoms with van der Waals surface area (Å²) in [5.41, 5.74) is 0. The maximum absolute atomic E-state index is 12.1. The van der Waals surface area contributed by atoms with E-state index in [4.69, 9.17) is 4.74 Å². The SMILES string of the molecule is CCCCCCCC/C=C/CCCCCCCCOC(=O)CCCCCCCCCCCCCCCCCCCCCCCCCCCCCCCCCCCCCCC. The molecule has 0 aliphatic carbocycles. The van der Waals surface area contributed by atoms with Crippen LogP contribution < -0.4 is 0 Å². The van der Waals surface area contributed by atoms with Crippen molar-refractivity contribution in [3.63, 3.8) is 0 Å². The summed E-state index contributed by atoms with van der Waals surface area (Å²) in [5, 5.41) is 0. The molecule has 0 saturated heterocycles. The molecule has 0 unspecified atom stereocenters. The quantitative estimate of drug-likeness (QED) is 0.0346. The Balaban J connectivity index is 3.14. The molecule has 0 heterocycles. The molecule has 0 aromatic heterocycles. The summed E-state index contributed by atoms with van der Waals surface area (Å²) in [6.07, 6.45) is 76.9. The molecule has 0 fully saturated rings. The van der Waals surface area contributed by atoms with Crippen LogP contribution in [0.25, 0.3) is 0 Å². The Morgan fingerprint density at radius 3 is 0.717 bits per heavy atom. The zero-order chi connectivity index (χ0) is 43.2. The lowest BCUT2D eigenvalue weighted by Crippen LogP contribution is -2.05. The smallest absolute Gasteiger partial charge is 0.305 e. The normalized spacial score (nSPS) is 11.7. The van der Waals surface area contributed by atoms with Crippen LogP contribution in [0.5, 0.6) is 0 Å². The second-order valence-corrected chi connectivity index (χ2v) is 19.6. The Hall–Kier alpha value is -0.790. The highest BCUT2D eigenvalue weighted by Gasteiger charge is 2.03. The molecule has 2 nitrogen and oxygen atoms in total. The van der Waals surface area contributed by atoms with E-state index in [2.05, 4.69) is 26.0 Å².